The first-order chi connectivity index (χ1) is 18.5. The molecule has 3 saturated heterocycles. The number of nitrogens with one attached hydrogen (secondary N) is 3. The number of halogens is 1. The van der Waals surface area contributed by atoms with Gasteiger partial charge in [0.25, 0.3) is 0 Å². The van der Waals surface area contributed by atoms with Crippen LogP contribution in [0.4, 0.5) is 14.0 Å². The number of nitrogens with zero attached hydrogens (tertiary/aromatic N) is 3. The van der Waals surface area contributed by atoms with Gasteiger partial charge in [-0.2, -0.15) is 0 Å². The second-order valence-electron chi connectivity index (χ2n) is 10.9. The lowest BCUT2D eigenvalue weighted by molar-refractivity contribution is 0.0387. The highest BCUT2D eigenvalue weighted by Gasteiger charge is 2.34. The predicted molar refractivity (Wildman–Crippen MR) is 146 cm³/mol. The SMILES string of the molecule is CCNC(=O)N1CC[C@@H](CN2CCC[C@@H](Cc3ccc(F)cc3)C2)[C@@H](NC(=O)NCCN2CCOCC2)C1. The average Bonchev–Trinajstić information content (AvgIpc) is 2.92. The molecule has 3 aliphatic heterocycles. The topological polar surface area (TPSA) is 89.2 Å². The minimum absolute atomic E-state index is 0.0668. The van der Waals surface area contributed by atoms with Gasteiger partial charge in [0.15, 0.2) is 0 Å². The molecule has 1 aromatic rings. The summed E-state index contributed by atoms with van der Waals surface area (Å²) in [6.45, 7) is 11.3. The summed E-state index contributed by atoms with van der Waals surface area (Å²) in [6.07, 6.45) is 4.13. The van der Waals surface area contributed by atoms with E-state index in [0.717, 1.165) is 71.7 Å². The van der Waals surface area contributed by atoms with Crippen LogP contribution >= 0.6 is 0 Å². The van der Waals surface area contributed by atoms with Crippen molar-refractivity contribution in [3.63, 3.8) is 0 Å². The smallest absolute Gasteiger partial charge is 0.317 e. The Hall–Kier alpha value is -2.43. The molecule has 3 fully saturated rings. The lowest BCUT2D eigenvalue weighted by Gasteiger charge is -2.42. The second-order valence-corrected chi connectivity index (χ2v) is 10.9. The Morgan fingerprint density at radius 2 is 1.79 bits per heavy atom. The molecule has 4 amide bonds. The van der Waals surface area contributed by atoms with E-state index >= 15 is 0 Å². The van der Waals surface area contributed by atoms with Crippen molar-refractivity contribution < 1.29 is 18.7 Å². The maximum atomic E-state index is 13.3. The van der Waals surface area contributed by atoms with Gasteiger partial charge in [0.2, 0.25) is 0 Å². The van der Waals surface area contributed by atoms with Crippen molar-refractivity contribution in [1.29, 1.82) is 0 Å². The summed E-state index contributed by atoms with van der Waals surface area (Å²) in [7, 11) is 0. The molecule has 3 heterocycles. The van der Waals surface area contributed by atoms with Crippen LogP contribution < -0.4 is 16.0 Å². The summed E-state index contributed by atoms with van der Waals surface area (Å²) in [5.74, 6) is 0.622. The minimum Gasteiger partial charge on any atom is -0.379 e. The molecule has 0 spiro atoms. The number of carbonyl (C=O) groups excluding carboxylic acids is 2. The summed E-state index contributed by atoms with van der Waals surface area (Å²) in [5, 5.41) is 9.12. The monoisotopic (exact) mass is 532 g/mol. The Labute approximate surface area is 226 Å². The van der Waals surface area contributed by atoms with Gasteiger partial charge in [-0.1, -0.05) is 12.1 Å². The van der Waals surface area contributed by atoms with Crippen molar-refractivity contribution in [3.05, 3.63) is 35.6 Å². The predicted octanol–water partition coefficient (Wildman–Crippen LogP) is 2.13. The van der Waals surface area contributed by atoms with Crippen molar-refractivity contribution in [2.24, 2.45) is 11.8 Å². The average molecular weight is 533 g/mol. The molecule has 10 heteroatoms. The van der Waals surface area contributed by atoms with Crippen LogP contribution in [0.2, 0.25) is 0 Å². The molecule has 38 heavy (non-hydrogen) atoms. The molecule has 3 aliphatic rings. The highest BCUT2D eigenvalue weighted by Crippen LogP contribution is 2.25. The highest BCUT2D eigenvalue weighted by atomic mass is 19.1. The van der Waals surface area contributed by atoms with Gasteiger partial charge in [-0.3, -0.25) is 4.90 Å². The van der Waals surface area contributed by atoms with Crippen LogP contribution in [-0.2, 0) is 11.2 Å². The van der Waals surface area contributed by atoms with E-state index < -0.39 is 0 Å². The standard InChI is InChI=1S/C28H45FN6O3/c1-2-30-28(37)35-12-9-24(26(21-35)32-27(36)31-10-13-33-14-16-38-17-15-33)20-34-11-3-4-23(19-34)18-22-5-7-25(29)8-6-22/h5-8,23-24,26H,2-4,9-21H2,1H3,(H,30,37)(H2,31,32,36)/t23-,24-,26-/m0/s1. The number of hydrogen-bond acceptors (Lipinski definition) is 5. The largest absolute Gasteiger partial charge is 0.379 e. The van der Waals surface area contributed by atoms with Gasteiger partial charge >= 0.3 is 12.1 Å². The van der Waals surface area contributed by atoms with Gasteiger partial charge in [-0.15, -0.1) is 0 Å². The van der Waals surface area contributed by atoms with Crippen LogP contribution in [0, 0.1) is 17.7 Å². The fraction of sp³-hybridized carbons (Fsp3) is 0.714. The van der Waals surface area contributed by atoms with Gasteiger partial charge in [-0.25, -0.2) is 14.0 Å². The van der Waals surface area contributed by atoms with Gasteiger partial charge in [-0.05, 0) is 68.7 Å². The zero-order chi connectivity index (χ0) is 26.7. The molecule has 3 N–H and O–H groups in total. The summed E-state index contributed by atoms with van der Waals surface area (Å²) in [5.41, 5.74) is 1.18. The molecule has 0 bridgehead atoms. The van der Waals surface area contributed by atoms with Crippen LogP contribution in [0.25, 0.3) is 0 Å². The van der Waals surface area contributed by atoms with Gasteiger partial charge in [0.1, 0.15) is 5.82 Å². The number of urea groups is 2. The van der Waals surface area contributed by atoms with Crippen molar-refractivity contribution in [2.75, 3.05) is 78.7 Å². The van der Waals surface area contributed by atoms with Crippen LogP contribution in [0.15, 0.2) is 24.3 Å². The van der Waals surface area contributed by atoms with Crippen molar-refractivity contribution in [1.82, 2.24) is 30.7 Å². The number of hydrogen-bond donors (Lipinski definition) is 3. The third-order valence-electron chi connectivity index (χ3n) is 8.04. The molecule has 1 aromatic carbocycles. The molecule has 0 aromatic heterocycles. The summed E-state index contributed by atoms with van der Waals surface area (Å²) >= 11 is 0. The zero-order valence-electron chi connectivity index (χ0n) is 22.8. The lowest BCUT2D eigenvalue weighted by atomic mass is 9.87. The van der Waals surface area contributed by atoms with E-state index in [0.29, 0.717) is 32.1 Å². The number of likely N-dealkylation sites (tertiary alicyclic amines) is 2. The van der Waals surface area contributed by atoms with E-state index in [1.54, 1.807) is 12.1 Å². The highest BCUT2D eigenvalue weighted by molar-refractivity contribution is 5.76. The molecule has 9 nitrogen and oxygen atoms in total. The van der Waals surface area contributed by atoms with Crippen LogP contribution in [0.1, 0.15) is 31.7 Å². The first-order valence-electron chi connectivity index (χ1n) is 14.3. The number of piperidine rings is 2. The molecule has 3 atom stereocenters. The first kappa shape index (κ1) is 28.6. The summed E-state index contributed by atoms with van der Waals surface area (Å²) in [6, 6.07) is 6.53. The first-order valence-corrected chi connectivity index (χ1v) is 14.3. The zero-order valence-corrected chi connectivity index (χ0v) is 22.8. The summed E-state index contributed by atoms with van der Waals surface area (Å²) in [4.78, 5) is 32.0. The molecule has 0 saturated carbocycles. The van der Waals surface area contributed by atoms with Gasteiger partial charge < -0.3 is 30.5 Å². The number of benzene rings is 1. The van der Waals surface area contributed by atoms with Crippen LogP contribution in [-0.4, -0.2) is 111 Å². The number of carbonyl (C=O) groups is 2. The molecule has 0 aliphatic carbocycles. The number of ether oxygens (including phenoxy) is 1. The Kier molecular flexibility index (Phi) is 11.0. The maximum absolute atomic E-state index is 13.3. The quantitative estimate of drug-likeness (QED) is 0.454. The molecular formula is C28H45FN6O3. The number of rotatable bonds is 9. The van der Waals surface area contributed by atoms with Crippen LogP contribution in [0.3, 0.4) is 0 Å². The van der Waals surface area contributed by atoms with E-state index in [4.69, 9.17) is 4.74 Å². The Bertz CT molecular complexity index is 882. The van der Waals surface area contributed by atoms with Gasteiger partial charge in [0.05, 0.1) is 19.3 Å². The third kappa shape index (κ3) is 8.81. The summed E-state index contributed by atoms with van der Waals surface area (Å²) < 4.78 is 18.7. The fourth-order valence-electron chi connectivity index (χ4n) is 5.97. The van der Waals surface area contributed by atoms with Crippen LogP contribution in [0.5, 0.6) is 0 Å². The second kappa shape index (κ2) is 14.6. The fourth-order valence-corrected chi connectivity index (χ4v) is 5.97. The van der Waals surface area contributed by atoms with E-state index in [9.17, 15) is 14.0 Å². The lowest BCUT2D eigenvalue weighted by Crippen LogP contribution is -2.59. The van der Waals surface area contributed by atoms with E-state index in [1.807, 2.05) is 24.0 Å². The Balaban J connectivity index is 1.30. The van der Waals surface area contributed by atoms with E-state index in [-0.39, 0.29) is 29.8 Å². The van der Waals surface area contributed by atoms with Crippen molar-refractivity contribution in [2.45, 2.75) is 38.6 Å². The minimum atomic E-state index is -0.193. The van der Waals surface area contributed by atoms with E-state index in [1.165, 1.54) is 12.0 Å². The van der Waals surface area contributed by atoms with Crippen molar-refractivity contribution in [3.8, 4) is 0 Å². The molecule has 0 radical (unpaired) electrons. The Morgan fingerprint density at radius 3 is 2.55 bits per heavy atom. The van der Waals surface area contributed by atoms with Crippen molar-refractivity contribution >= 4 is 12.1 Å². The van der Waals surface area contributed by atoms with E-state index in [2.05, 4.69) is 25.8 Å². The molecular weight excluding hydrogens is 487 g/mol. The molecule has 212 valence electrons. The third-order valence-corrected chi connectivity index (χ3v) is 8.04. The van der Waals surface area contributed by atoms with Gasteiger partial charge in [0, 0.05) is 58.9 Å². The molecule has 0 unspecified atom stereocenters. The Morgan fingerprint density at radius 1 is 1.00 bits per heavy atom. The number of morpholine rings is 1. The maximum Gasteiger partial charge on any atom is 0.317 e. The normalized spacial score (nSPS) is 25.1. The molecule has 4 rings (SSSR count). The number of amides is 4.